The van der Waals surface area contributed by atoms with Crippen molar-refractivity contribution in [3.05, 3.63) is 65.0 Å². The van der Waals surface area contributed by atoms with E-state index in [2.05, 4.69) is 12.2 Å². The molecule has 2 aromatic rings. The SMILES string of the molecule is Cc1ccc(NC(=O)N2CCC[NH+](Cc3ccc(F)cc3)C2)cc1C. The Morgan fingerprint density at radius 3 is 2.64 bits per heavy atom. The number of rotatable bonds is 3. The molecular formula is C20H25FN3O+. The molecule has 1 heterocycles. The first kappa shape index (κ1) is 17.4. The molecular weight excluding hydrogens is 317 g/mol. The van der Waals surface area contributed by atoms with Crippen molar-refractivity contribution in [3.8, 4) is 0 Å². The quantitative estimate of drug-likeness (QED) is 0.884. The first-order valence-corrected chi connectivity index (χ1v) is 8.72. The van der Waals surface area contributed by atoms with E-state index in [4.69, 9.17) is 0 Å². The smallest absolute Gasteiger partial charge is 0.314 e. The highest BCUT2D eigenvalue weighted by atomic mass is 19.1. The Hall–Kier alpha value is -2.40. The first-order valence-electron chi connectivity index (χ1n) is 8.72. The van der Waals surface area contributed by atoms with Crippen molar-refractivity contribution in [2.75, 3.05) is 25.1 Å². The second-order valence-corrected chi connectivity index (χ2v) is 6.81. The number of anilines is 1. The molecule has 0 aromatic heterocycles. The summed E-state index contributed by atoms with van der Waals surface area (Å²) < 4.78 is 13.0. The van der Waals surface area contributed by atoms with E-state index in [0.29, 0.717) is 6.67 Å². The lowest BCUT2D eigenvalue weighted by Gasteiger charge is -2.32. The average molecular weight is 342 g/mol. The molecule has 3 rings (SSSR count). The van der Waals surface area contributed by atoms with Crippen LogP contribution in [0.1, 0.15) is 23.1 Å². The van der Waals surface area contributed by atoms with E-state index < -0.39 is 0 Å². The molecule has 1 aliphatic rings. The minimum Gasteiger partial charge on any atom is -0.314 e. The van der Waals surface area contributed by atoms with Crippen LogP contribution in [0.15, 0.2) is 42.5 Å². The molecule has 132 valence electrons. The molecule has 25 heavy (non-hydrogen) atoms. The number of halogens is 1. The van der Waals surface area contributed by atoms with Crippen LogP contribution in [-0.4, -0.2) is 30.7 Å². The maximum Gasteiger partial charge on any atom is 0.326 e. The van der Waals surface area contributed by atoms with Crippen LogP contribution in [-0.2, 0) is 6.54 Å². The Morgan fingerprint density at radius 2 is 1.92 bits per heavy atom. The molecule has 1 unspecified atom stereocenters. The van der Waals surface area contributed by atoms with Crippen molar-refractivity contribution >= 4 is 11.7 Å². The summed E-state index contributed by atoms with van der Waals surface area (Å²) in [6.45, 7) is 7.35. The molecule has 1 fully saturated rings. The molecule has 2 N–H and O–H groups in total. The zero-order chi connectivity index (χ0) is 17.8. The van der Waals surface area contributed by atoms with Gasteiger partial charge in [-0.3, -0.25) is 4.90 Å². The number of amides is 2. The van der Waals surface area contributed by atoms with Gasteiger partial charge in [0, 0.05) is 24.2 Å². The predicted molar refractivity (Wildman–Crippen MR) is 97.1 cm³/mol. The standard InChI is InChI=1S/C20H24FN3O/c1-15-4-9-19(12-16(15)2)22-20(25)24-11-3-10-23(14-24)13-17-5-7-18(21)8-6-17/h4-9,12H,3,10-11,13-14H2,1-2H3,(H,22,25)/p+1. The van der Waals surface area contributed by atoms with Crippen LogP contribution in [0.4, 0.5) is 14.9 Å². The van der Waals surface area contributed by atoms with Crippen LogP contribution >= 0.6 is 0 Å². The van der Waals surface area contributed by atoms with E-state index in [-0.39, 0.29) is 11.8 Å². The summed E-state index contributed by atoms with van der Waals surface area (Å²) in [6, 6.07) is 12.5. The lowest BCUT2D eigenvalue weighted by Crippen LogP contribution is -3.13. The van der Waals surface area contributed by atoms with E-state index in [1.54, 1.807) is 0 Å². The third-order valence-corrected chi connectivity index (χ3v) is 4.79. The number of quaternary nitrogens is 1. The number of aryl methyl sites for hydroxylation is 2. The molecule has 0 radical (unpaired) electrons. The Balaban J connectivity index is 1.59. The van der Waals surface area contributed by atoms with Gasteiger partial charge in [0.25, 0.3) is 0 Å². The Morgan fingerprint density at radius 1 is 1.16 bits per heavy atom. The van der Waals surface area contributed by atoms with E-state index in [1.807, 2.05) is 42.2 Å². The third kappa shape index (κ3) is 4.57. The summed E-state index contributed by atoms with van der Waals surface area (Å²) in [5.41, 5.74) is 4.30. The number of nitrogens with one attached hydrogen (secondary N) is 2. The summed E-state index contributed by atoms with van der Waals surface area (Å²) >= 11 is 0. The minimum atomic E-state index is -0.216. The molecule has 2 amide bonds. The predicted octanol–water partition coefficient (Wildman–Crippen LogP) is 2.72. The highest BCUT2D eigenvalue weighted by molar-refractivity contribution is 5.89. The molecule has 1 aliphatic heterocycles. The number of nitrogens with zero attached hydrogens (tertiary/aromatic N) is 1. The number of benzene rings is 2. The van der Waals surface area contributed by atoms with Crippen LogP contribution in [0.2, 0.25) is 0 Å². The molecule has 2 aromatic carbocycles. The van der Waals surface area contributed by atoms with Crippen LogP contribution in [0.3, 0.4) is 0 Å². The highest BCUT2D eigenvalue weighted by Gasteiger charge is 2.24. The van der Waals surface area contributed by atoms with Gasteiger partial charge in [-0.1, -0.05) is 18.2 Å². The zero-order valence-electron chi connectivity index (χ0n) is 14.8. The van der Waals surface area contributed by atoms with Crippen molar-refractivity contribution < 1.29 is 14.1 Å². The highest BCUT2D eigenvalue weighted by Crippen LogP contribution is 2.14. The lowest BCUT2D eigenvalue weighted by molar-refractivity contribution is -0.927. The number of hydrogen-bond acceptors (Lipinski definition) is 1. The molecule has 0 saturated carbocycles. The molecule has 1 atom stereocenters. The molecule has 4 nitrogen and oxygen atoms in total. The van der Waals surface area contributed by atoms with Crippen molar-refractivity contribution in [3.63, 3.8) is 0 Å². The van der Waals surface area contributed by atoms with E-state index in [1.165, 1.54) is 28.2 Å². The number of urea groups is 1. The van der Waals surface area contributed by atoms with Crippen LogP contribution in [0, 0.1) is 19.7 Å². The first-order chi connectivity index (χ1) is 12.0. The van der Waals surface area contributed by atoms with Gasteiger partial charge >= 0.3 is 6.03 Å². The number of hydrogen-bond donors (Lipinski definition) is 2. The van der Waals surface area contributed by atoms with Gasteiger partial charge in [-0.25, -0.2) is 9.18 Å². The second kappa shape index (κ2) is 7.66. The van der Waals surface area contributed by atoms with Gasteiger partial charge in [0.2, 0.25) is 0 Å². The largest absolute Gasteiger partial charge is 0.326 e. The number of carbonyl (C=O) groups is 1. The van der Waals surface area contributed by atoms with Crippen LogP contribution in [0.5, 0.6) is 0 Å². The summed E-state index contributed by atoms with van der Waals surface area (Å²) in [5, 5.41) is 3.00. The van der Waals surface area contributed by atoms with Crippen molar-refractivity contribution in [2.24, 2.45) is 0 Å². The van der Waals surface area contributed by atoms with Crippen molar-refractivity contribution in [1.82, 2.24) is 4.90 Å². The fraction of sp³-hybridized carbons (Fsp3) is 0.350. The van der Waals surface area contributed by atoms with Gasteiger partial charge in [-0.2, -0.15) is 0 Å². The molecule has 0 spiro atoms. The van der Waals surface area contributed by atoms with E-state index in [0.717, 1.165) is 37.3 Å². The van der Waals surface area contributed by atoms with Crippen LogP contribution < -0.4 is 10.2 Å². The van der Waals surface area contributed by atoms with Gasteiger partial charge < -0.3 is 10.2 Å². The molecule has 0 bridgehead atoms. The maximum absolute atomic E-state index is 13.0. The summed E-state index contributed by atoms with van der Waals surface area (Å²) in [5.74, 6) is -0.216. The van der Waals surface area contributed by atoms with Gasteiger partial charge in [-0.15, -0.1) is 0 Å². The monoisotopic (exact) mass is 342 g/mol. The topological polar surface area (TPSA) is 36.8 Å². The molecule has 5 heteroatoms. The Bertz CT molecular complexity index is 745. The third-order valence-electron chi connectivity index (χ3n) is 4.79. The van der Waals surface area contributed by atoms with E-state index in [9.17, 15) is 9.18 Å². The fourth-order valence-electron chi connectivity index (χ4n) is 3.18. The van der Waals surface area contributed by atoms with Crippen LogP contribution in [0.25, 0.3) is 0 Å². The maximum atomic E-state index is 13.0. The number of carbonyl (C=O) groups excluding carboxylic acids is 1. The van der Waals surface area contributed by atoms with Crippen molar-refractivity contribution in [1.29, 1.82) is 0 Å². The minimum absolute atomic E-state index is 0.0560. The van der Waals surface area contributed by atoms with Gasteiger partial charge in [0.1, 0.15) is 12.4 Å². The summed E-state index contributed by atoms with van der Waals surface area (Å²) in [7, 11) is 0. The Labute approximate surface area is 148 Å². The second-order valence-electron chi connectivity index (χ2n) is 6.81. The van der Waals surface area contributed by atoms with Gasteiger partial charge in [0.15, 0.2) is 6.67 Å². The zero-order valence-corrected chi connectivity index (χ0v) is 14.8. The Kier molecular flexibility index (Phi) is 5.34. The van der Waals surface area contributed by atoms with E-state index >= 15 is 0 Å². The van der Waals surface area contributed by atoms with Gasteiger partial charge in [0.05, 0.1) is 6.54 Å². The normalized spacial score (nSPS) is 17.4. The molecule has 1 saturated heterocycles. The lowest BCUT2D eigenvalue weighted by atomic mass is 10.1. The average Bonchev–Trinajstić information content (AvgIpc) is 2.60. The summed E-state index contributed by atoms with van der Waals surface area (Å²) in [6.07, 6.45) is 0.969. The summed E-state index contributed by atoms with van der Waals surface area (Å²) in [4.78, 5) is 15.7. The molecule has 0 aliphatic carbocycles. The van der Waals surface area contributed by atoms with Crippen molar-refractivity contribution in [2.45, 2.75) is 26.8 Å². The van der Waals surface area contributed by atoms with Gasteiger partial charge in [-0.05, 0) is 49.2 Å². The fourth-order valence-corrected chi connectivity index (χ4v) is 3.18.